The average molecular weight is 312 g/mol. The van der Waals surface area contributed by atoms with Gasteiger partial charge in [-0.1, -0.05) is 0 Å². The second kappa shape index (κ2) is 5.93. The molecule has 3 nitrogen and oxygen atoms in total. The molecule has 3 rings (SSSR count). The summed E-state index contributed by atoms with van der Waals surface area (Å²) in [5.41, 5.74) is 5.59. The number of aryl methyl sites for hydroxylation is 2. The first-order valence-electron chi connectivity index (χ1n) is 6.32. The highest BCUT2D eigenvalue weighted by Crippen LogP contribution is 2.35. The molecule has 0 saturated carbocycles. The Balaban J connectivity index is 1.79. The normalized spacial score (nSPS) is 16.3. The number of thioether (sulfide) groups is 1. The number of thiazole rings is 1. The summed E-state index contributed by atoms with van der Waals surface area (Å²) in [4.78, 5) is 7.42. The Morgan fingerprint density at radius 1 is 1.53 bits per heavy atom. The summed E-state index contributed by atoms with van der Waals surface area (Å²) >= 11 is 5.64. The molecule has 1 atom stereocenters. The van der Waals surface area contributed by atoms with Crippen molar-refractivity contribution in [1.82, 2.24) is 10.4 Å². The van der Waals surface area contributed by atoms with Crippen molar-refractivity contribution in [2.24, 2.45) is 5.84 Å². The lowest BCUT2D eigenvalue weighted by Gasteiger charge is -2.12. The maximum atomic E-state index is 5.74. The number of hydrazine groups is 1. The van der Waals surface area contributed by atoms with Crippen LogP contribution in [0.4, 0.5) is 0 Å². The highest BCUT2D eigenvalue weighted by molar-refractivity contribution is 7.98. The molecular weight excluding hydrogens is 294 g/mol. The number of fused-ring (bicyclic) bond motifs is 1. The smallest absolute Gasteiger partial charge is 0.0897 e. The molecule has 102 valence electrons. The van der Waals surface area contributed by atoms with Gasteiger partial charge in [0.2, 0.25) is 0 Å². The molecule has 1 aliphatic rings. The molecule has 0 radical (unpaired) electrons. The molecule has 3 N–H and O–H groups in total. The van der Waals surface area contributed by atoms with Gasteiger partial charge in [0.25, 0.3) is 0 Å². The van der Waals surface area contributed by atoms with E-state index >= 15 is 0 Å². The molecule has 0 amide bonds. The van der Waals surface area contributed by atoms with Gasteiger partial charge in [0, 0.05) is 27.3 Å². The topological polar surface area (TPSA) is 50.9 Å². The largest absolute Gasteiger partial charge is 0.271 e. The lowest BCUT2D eigenvalue weighted by atomic mass is 10.1. The van der Waals surface area contributed by atoms with Gasteiger partial charge in [-0.3, -0.25) is 11.3 Å². The third kappa shape index (κ3) is 3.03. The molecular formula is C13H17N3S3. The van der Waals surface area contributed by atoms with Gasteiger partial charge in [-0.2, -0.15) is 11.8 Å². The van der Waals surface area contributed by atoms with Crippen LogP contribution in [0.3, 0.4) is 0 Å². The molecule has 1 unspecified atom stereocenters. The molecule has 0 aliphatic carbocycles. The number of aromatic nitrogens is 1. The Morgan fingerprint density at radius 3 is 3.11 bits per heavy atom. The SMILES string of the molecule is Cc1nc(CC(NN)c2cc3c(s2)CCSC3)cs1. The van der Waals surface area contributed by atoms with Gasteiger partial charge in [-0.25, -0.2) is 4.98 Å². The van der Waals surface area contributed by atoms with Gasteiger partial charge >= 0.3 is 0 Å². The maximum absolute atomic E-state index is 5.74. The number of nitrogens with zero attached hydrogens (tertiary/aromatic N) is 1. The zero-order valence-corrected chi connectivity index (χ0v) is 13.3. The molecule has 3 heterocycles. The first kappa shape index (κ1) is 13.6. The Hall–Kier alpha value is -0.400. The minimum atomic E-state index is 0.182. The minimum absolute atomic E-state index is 0.182. The summed E-state index contributed by atoms with van der Waals surface area (Å²) in [7, 11) is 0. The second-order valence-corrected chi connectivity index (χ2v) is 8.02. The molecule has 2 aromatic rings. The van der Waals surface area contributed by atoms with Crippen molar-refractivity contribution in [3.63, 3.8) is 0 Å². The molecule has 2 aromatic heterocycles. The van der Waals surface area contributed by atoms with Crippen molar-refractivity contribution >= 4 is 34.4 Å². The first-order chi connectivity index (χ1) is 9.26. The van der Waals surface area contributed by atoms with Gasteiger partial charge < -0.3 is 0 Å². The van der Waals surface area contributed by atoms with Gasteiger partial charge in [0.05, 0.1) is 16.7 Å². The predicted octanol–water partition coefficient (Wildman–Crippen LogP) is 3.05. The van der Waals surface area contributed by atoms with Crippen molar-refractivity contribution in [1.29, 1.82) is 0 Å². The van der Waals surface area contributed by atoms with Crippen molar-refractivity contribution in [2.75, 3.05) is 5.75 Å². The van der Waals surface area contributed by atoms with E-state index in [1.54, 1.807) is 16.2 Å². The van der Waals surface area contributed by atoms with Crippen molar-refractivity contribution in [2.45, 2.75) is 31.6 Å². The number of hydrogen-bond donors (Lipinski definition) is 2. The third-order valence-electron chi connectivity index (χ3n) is 3.27. The average Bonchev–Trinajstić information content (AvgIpc) is 3.01. The molecule has 0 spiro atoms. The fourth-order valence-corrected chi connectivity index (χ4v) is 5.36. The van der Waals surface area contributed by atoms with E-state index in [1.165, 1.54) is 22.6 Å². The van der Waals surface area contributed by atoms with E-state index in [9.17, 15) is 0 Å². The van der Waals surface area contributed by atoms with E-state index in [4.69, 9.17) is 5.84 Å². The zero-order valence-electron chi connectivity index (χ0n) is 10.8. The van der Waals surface area contributed by atoms with Crippen LogP contribution in [-0.4, -0.2) is 10.7 Å². The minimum Gasteiger partial charge on any atom is -0.271 e. The summed E-state index contributed by atoms with van der Waals surface area (Å²) in [6.07, 6.45) is 2.07. The fraction of sp³-hybridized carbons (Fsp3) is 0.462. The van der Waals surface area contributed by atoms with Gasteiger partial charge in [0.15, 0.2) is 0 Å². The Morgan fingerprint density at radius 2 is 2.42 bits per heavy atom. The van der Waals surface area contributed by atoms with Gasteiger partial charge in [-0.15, -0.1) is 22.7 Å². The second-order valence-electron chi connectivity index (χ2n) is 4.68. The number of rotatable bonds is 4. The van der Waals surface area contributed by atoms with E-state index in [-0.39, 0.29) is 6.04 Å². The van der Waals surface area contributed by atoms with Gasteiger partial charge in [0.1, 0.15) is 0 Å². The number of thiophene rings is 1. The van der Waals surface area contributed by atoms with Crippen LogP contribution < -0.4 is 11.3 Å². The summed E-state index contributed by atoms with van der Waals surface area (Å²) in [6, 6.07) is 2.51. The Labute approximate surface area is 125 Å². The first-order valence-corrected chi connectivity index (χ1v) is 9.17. The summed E-state index contributed by atoms with van der Waals surface area (Å²) in [5.74, 6) is 8.15. The Kier molecular flexibility index (Phi) is 4.24. The van der Waals surface area contributed by atoms with Crippen molar-refractivity contribution in [3.8, 4) is 0 Å². The van der Waals surface area contributed by atoms with E-state index in [0.717, 1.165) is 22.9 Å². The van der Waals surface area contributed by atoms with Gasteiger partial charge in [-0.05, 0) is 30.7 Å². The Bertz CT molecular complexity index is 538. The monoisotopic (exact) mass is 311 g/mol. The number of nitrogens with two attached hydrogens (primary N) is 1. The number of hydrogen-bond acceptors (Lipinski definition) is 6. The highest BCUT2D eigenvalue weighted by Gasteiger charge is 2.19. The van der Waals surface area contributed by atoms with Crippen LogP contribution in [0.1, 0.15) is 32.1 Å². The van der Waals surface area contributed by atoms with Crippen molar-refractivity contribution in [3.05, 3.63) is 37.5 Å². The van der Waals surface area contributed by atoms with E-state index < -0.39 is 0 Å². The van der Waals surface area contributed by atoms with Crippen LogP contribution in [-0.2, 0) is 18.6 Å². The zero-order chi connectivity index (χ0) is 13.2. The molecule has 6 heteroatoms. The molecule has 0 saturated heterocycles. The van der Waals surface area contributed by atoms with Crippen LogP contribution >= 0.6 is 34.4 Å². The fourth-order valence-electron chi connectivity index (χ4n) is 2.29. The highest BCUT2D eigenvalue weighted by atomic mass is 32.2. The van der Waals surface area contributed by atoms with E-state index in [2.05, 4.69) is 21.9 Å². The standard InChI is InChI=1S/C13H17N3S3/c1-8-15-10(7-18-8)5-11(16-14)13-4-9-6-17-3-2-12(9)19-13/h4,7,11,16H,2-3,5-6,14H2,1H3. The van der Waals surface area contributed by atoms with E-state index in [1.807, 2.05) is 30.0 Å². The van der Waals surface area contributed by atoms with E-state index in [0.29, 0.717) is 0 Å². The molecule has 0 aromatic carbocycles. The quantitative estimate of drug-likeness (QED) is 0.673. The molecule has 0 bridgehead atoms. The van der Waals surface area contributed by atoms with Crippen LogP contribution in [0.15, 0.2) is 11.4 Å². The molecule has 0 fully saturated rings. The summed E-state index contributed by atoms with van der Waals surface area (Å²) < 4.78 is 0. The summed E-state index contributed by atoms with van der Waals surface area (Å²) in [5, 5.41) is 3.25. The van der Waals surface area contributed by atoms with Crippen LogP contribution in [0.2, 0.25) is 0 Å². The van der Waals surface area contributed by atoms with Crippen LogP contribution in [0.5, 0.6) is 0 Å². The van der Waals surface area contributed by atoms with Crippen LogP contribution in [0, 0.1) is 6.92 Å². The maximum Gasteiger partial charge on any atom is 0.0897 e. The molecule has 1 aliphatic heterocycles. The van der Waals surface area contributed by atoms with Crippen molar-refractivity contribution < 1.29 is 0 Å². The lowest BCUT2D eigenvalue weighted by molar-refractivity contribution is 0.555. The molecule has 19 heavy (non-hydrogen) atoms. The third-order valence-corrected chi connectivity index (χ3v) is 6.45. The predicted molar refractivity (Wildman–Crippen MR) is 84.8 cm³/mol. The lowest BCUT2D eigenvalue weighted by Crippen LogP contribution is -2.29. The number of nitrogens with one attached hydrogen (secondary N) is 1. The van der Waals surface area contributed by atoms with Crippen LogP contribution in [0.25, 0.3) is 0 Å². The summed E-state index contributed by atoms with van der Waals surface area (Å²) in [6.45, 7) is 2.04.